The number of unbranched alkanes of at least 4 members (excludes halogenated alkanes) is 1. The molecule has 4 rings (SSSR count). The molecule has 2 nitrogen and oxygen atoms in total. The van der Waals surface area contributed by atoms with E-state index in [4.69, 9.17) is 0 Å². The van der Waals surface area contributed by atoms with Crippen LogP contribution in [0.5, 0.6) is 0 Å². The Morgan fingerprint density at radius 3 is 2.51 bits per heavy atom. The lowest BCUT2D eigenvalue weighted by molar-refractivity contribution is -0.109. The average Bonchev–Trinajstić information content (AvgIpc) is 3.16. The van der Waals surface area contributed by atoms with Crippen LogP contribution in [0.3, 0.4) is 0 Å². The van der Waals surface area contributed by atoms with Crippen LogP contribution in [0.4, 0.5) is 8.78 Å². The van der Waals surface area contributed by atoms with Crippen molar-refractivity contribution >= 4 is 0 Å². The highest BCUT2D eigenvalue weighted by Crippen LogP contribution is 2.63. The molecule has 3 fully saturated rings. The van der Waals surface area contributed by atoms with Crippen LogP contribution >= 0.6 is 0 Å². The Kier molecular flexibility index (Phi) is 8.15. The van der Waals surface area contributed by atoms with E-state index in [-0.39, 0.29) is 25.7 Å². The molecule has 0 spiro atoms. The molecule has 4 heteroatoms. The molecule has 0 aliphatic heterocycles. The Morgan fingerprint density at radius 2 is 1.83 bits per heavy atom. The van der Waals surface area contributed by atoms with E-state index in [2.05, 4.69) is 26.8 Å². The van der Waals surface area contributed by atoms with Crippen molar-refractivity contribution in [1.82, 2.24) is 0 Å². The van der Waals surface area contributed by atoms with E-state index in [1.807, 2.05) is 6.92 Å². The zero-order valence-corrected chi connectivity index (χ0v) is 22.9. The largest absolute Gasteiger partial charge is 0.390 e. The maximum Gasteiger partial charge on any atom is 0.248 e. The molecule has 1 unspecified atom stereocenters. The number of hydrogen-bond acceptors (Lipinski definition) is 2. The van der Waals surface area contributed by atoms with Crippen LogP contribution in [0.15, 0.2) is 11.6 Å². The van der Waals surface area contributed by atoms with E-state index in [9.17, 15) is 19.0 Å². The summed E-state index contributed by atoms with van der Waals surface area (Å²) in [7, 11) is 0. The second-order valence-electron chi connectivity index (χ2n) is 13.9. The lowest BCUT2D eigenvalue weighted by Crippen LogP contribution is -2.44. The normalized spacial score (nSPS) is 38.7. The molecule has 202 valence electrons. The van der Waals surface area contributed by atoms with Crippen LogP contribution in [0, 0.1) is 35.0 Å². The maximum absolute atomic E-state index is 13.6. The third kappa shape index (κ3) is 6.16. The van der Waals surface area contributed by atoms with Gasteiger partial charge in [0.25, 0.3) is 0 Å². The zero-order valence-electron chi connectivity index (χ0n) is 22.9. The van der Waals surface area contributed by atoms with Crippen molar-refractivity contribution in [3.63, 3.8) is 0 Å². The molecule has 0 aromatic rings. The molecule has 35 heavy (non-hydrogen) atoms. The van der Waals surface area contributed by atoms with E-state index >= 15 is 0 Å². The Bertz CT molecular complexity index is 749. The van der Waals surface area contributed by atoms with E-state index in [1.165, 1.54) is 44.1 Å². The first-order valence-corrected chi connectivity index (χ1v) is 14.9. The van der Waals surface area contributed by atoms with Gasteiger partial charge in [0.15, 0.2) is 0 Å². The Hall–Kier alpha value is -0.480. The van der Waals surface area contributed by atoms with Crippen LogP contribution in [0.2, 0.25) is 0 Å². The van der Waals surface area contributed by atoms with Crippen LogP contribution in [0.25, 0.3) is 0 Å². The van der Waals surface area contributed by atoms with Gasteiger partial charge in [-0.25, -0.2) is 8.78 Å². The summed E-state index contributed by atoms with van der Waals surface area (Å²) >= 11 is 0. The van der Waals surface area contributed by atoms with Crippen molar-refractivity contribution in [3.8, 4) is 0 Å². The molecule has 0 heterocycles. The minimum Gasteiger partial charge on any atom is -0.390 e. The number of aliphatic hydroxyl groups is 2. The molecule has 2 N–H and O–H groups in total. The number of allylic oxidation sites excluding steroid dienone is 1. The summed E-state index contributed by atoms with van der Waals surface area (Å²) < 4.78 is 27.2. The quantitative estimate of drug-likeness (QED) is 0.316. The van der Waals surface area contributed by atoms with Gasteiger partial charge in [0.05, 0.1) is 11.2 Å². The molecule has 3 saturated carbocycles. The van der Waals surface area contributed by atoms with Crippen molar-refractivity contribution in [2.24, 2.45) is 35.0 Å². The first-order valence-electron chi connectivity index (χ1n) is 14.9. The van der Waals surface area contributed by atoms with Gasteiger partial charge in [-0.3, -0.25) is 0 Å². The fourth-order valence-corrected chi connectivity index (χ4v) is 8.98. The summed E-state index contributed by atoms with van der Waals surface area (Å²) in [6, 6.07) is 0. The van der Waals surface area contributed by atoms with Gasteiger partial charge >= 0.3 is 0 Å². The van der Waals surface area contributed by atoms with Gasteiger partial charge < -0.3 is 10.2 Å². The van der Waals surface area contributed by atoms with E-state index < -0.39 is 17.1 Å². The Morgan fingerprint density at radius 1 is 1.11 bits per heavy atom. The van der Waals surface area contributed by atoms with Gasteiger partial charge in [-0.1, -0.05) is 45.3 Å². The molecule has 0 saturated heterocycles. The standard InChI is InChI=1S/C31H52F2O2/c1-5-6-13-28(3,34)21-23-7-8-25-24(20-23)12-14-29(4)26(9-10-27(25)29)22(2)11-15-30(35)16-18-31(32,33)19-17-30/h7,22,24-27,34-35H,5-6,8-21H2,1-4H3/t22-,24-,25-,26-,27+,28?,29-/m1/s1. The summed E-state index contributed by atoms with van der Waals surface area (Å²) in [6.45, 7) is 9.12. The number of fused-ring (bicyclic) bond motifs is 3. The number of halogens is 2. The highest BCUT2D eigenvalue weighted by molar-refractivity contribution is 5.16. The highest BCUT2D eigenvalue weighted by atomic mass is 19.3. The maximum atomic E-state index is 13.6. The lowest BCUT2D eigenvalue weighted by atomic mass is 9.53. The fourth-order valence-electron chi connectivity index (χ4n) is 8.98. The third-order valence-corrected chi connectivity index (χ3v) is 11.2. The SMILES string of the molecule is CCCCC(C)(O)CC1=CC[C@@H]2[C@H](CC[C@]3(C)[C@@H]([C@H](C)CCC4(O)CCC(F)(F)CC4)CC[C@@H]23)C1. The smallest absolute Gasteiger partial charge is 0.248 e. The van der Waals surface area contributed by atoms with Crippen LogP contribution in [-0.2, 0) is 0 Å². The monoisotopic (exact) mass is 494 g/mol. The minimum atomic E-state index is -2.58. The Balaban J connectivity index is 1.34. The molecule has 4 aliphatic rings. The number of alkyl halides is 2. The molecule has 0 radical (unpaired) electrons. The molecule has 0 aromatic heterocycles. The topological polar surface area (TPSA) is 40.5 Å². The summed E-state index contributed by atoms with van der Waals surface area (Å²) in [5.41, 5.74) is 0.422. The molecule has 0 bridgehead atoms. The van der Waals surface area contributed by atoms with Gasteiger partial charge in [0.2, 0.25) is 5.92 Å². The van der Waals surface area contributed by atoms with Crippen molar-refractivity contribution in [3.05, 3.63) is 11.6 Å². The van der Waals surface area contributed by atoms with Gasteiger partial charge in [-0.15, -0.1) is 0 Å². The van der Waals surface area contributed by atoms with Crippen molar-refractivity contribution in [2.75, 3.05) is 0 Å². The predicted octanol–water partition coefficient (Wildman–Crippen LogP) is 8.45. The molecular formula is C31H52F2O2. The molecule has 4 aliphatic carbocycles. The first-order chi connectivity index (χ1) is 16.4. The predicted molar refractivity (Wildman–Crippen MR) is 139 cm³/mol. The van der Waals surface area contributed by atoms with Gasteiger partial charge in [-0.05, 0) is 119 Å². The van der Waals surface area contributed by atoms with Crippen LogP contribution in [0.1, 0.15) is 130 Å². The molecule has 7 atom stereocenters. The molecular weight excluding hydrogens is 442 g/mol. The zero-order chi connectivity index (χ0) is 25.5. The number of rotatable bonds is 9. The van der Waals surface area contributed by atoms with Gasteiger partial charge in [0.1, 0.15) is 0 Å². The summed E-state index contributed by atoms with van der Waals surface area (Å²) in [4.78, 5) is 0. The van der Waals surface area contributed by atoms with Crippen molar-refractivity contribution < 1.29 is 19.0 Å². The molecule has 0 aromatic carbocycles. The first kappa shape index (κ1) is 27.6. The third-order valence-electron chi connectivity index (χ3n) is 11.2. The van der Waals surface area contributed by atoms with Gasteiger partial charge in [-0.2, -0.15) is 0 Å². The van der Waals surface area contributed by atoms with E-state index in [0.29, 0.717) is 23.7 Å². The highest BCUT2D eigenvalue weighted by Gasteiger charge is 2.55. The lowest BCUT2D eigenvalue weighted by Gasteiger charge is -2.51. The van der Waals surface area contributed by atoms with Crippen LogP contribution in [-0.4, -0.2) is 27.3 Å². The Labute approximate surface area is 213 Å². The summed E-state index contributed by atoms with van der Waals surface area (Å²) in [5.74, 6) is 0.971. The summed E-state index contributed by atoms with van der Waals surface area (Å²) in [6.07, 6.45) is 15.8. The second-order valence-corrected chi connectivity index (χ2v) is 13.9. The second kappa shape index (κ2) is 10.4. The van der Waals surface area contributed by atoms with E-state index in [1.54, 1.807) is 0 Å². The van der Waals surface area contributed by atoms with Crippen molar-refractivity contribution in [2.45, 2.75) is 148 Å². The molecule has 0 amide bonds. The van der Waals surface area contributed by atoms with Crippen LogP contribution < -0.4 is 0 Å². The fraction of sp³-hybridized carbons (Fsp3) is 0.935. The average molecular weight is 495 g/mol. The minimum absolute atomic E-state index is 0.159. The van der Waals surface area contributed by atoms with Crippen molar-refractivity contribution in [1.29, 1.82) is 0 Å². The van der Waals surface area contributed by atoms with Gasteiger partial charge in [0, 0.05) is 12.8 Å². The van der Waals surface area contributed by atoms with E-state index in [0.717, 1.165) is 49.9 Å². The number of hydrogen-bond donors (Lipinski definition) is 2. The summed E-state index contributed by atoms with van der Waals surface area (Å²) in [5, 5.41) is 21.8.